The van der Waals surface area contributed by atoms with Crippen LogP contribution in [0.3, 0.4) is 0 Å². The predicted octanol–water partition coefficient (Wildman–Crippen LogP) is 2.22. The normalized spacial score (nSPS) is 16.3. The molecule has 0 saturated carbocycles. The van der Waals surface area contributed by atoms with Gasteiger partial charge in [-0.3, -0.25) is 4.79 Å². The molecular formula is C15H20N2O. The van der Waals surface area contributed by atoms with Crippen molar-refractivity contribution >= 4 is 11.6 Å². The smallest absolute Gasteiger partial charge is 0.246 e. The number of para-hydroxylation sites is 1. The number of amides is 1. The number of carbonyl (C=O) groups excluding carboxylic acids is 1. The third-order valence-corrected chi connectivity index (χ3v) is 3.36. The number of anilines is 1. The van der Waals surface area contributed by atoms with E-state index in [0.717, 1.165) is 26.2 Å². The first-order valence-corrected chi connectivity index (χ1v) is 6.44. The van der Waals surface area contributed by atoms with Gasteiger partial charge in [0.15, 0.2) is 0 Å². The fraction of sp³-hybridized carbons (Fsp3) is 0.400. The maximum Gasteiger partial charge on any atom is 0.246 e. The zero-order valence-electron chi connectivity index (χ0n) is 11.1. The lowest BCUT2D eigenvalue weighted by atomic mass is 10.1. The molecule has 18 heavy (non-hydrogen) atoms. The Labute approximate surface area is 109 Å². The van der Waals surface area contributed by atoms with Crippen LogP contribution in [-0.2, 0) is 4.79 Å². The number of allylic oxidation sites excluding steroid dienone is 1. The van der Waals surface area contributed by atoms with Crippen LogP contribution in [0.2, 0.25) is 0 Å². The second-order valence-electron chi connectivity index (χ2n) is 4.60. The summed E-state index contributed by atoms with van der Waals surface area (Å²) in [4.78, 5) is 16.0. The molecule has 0 atom stereocenters. The monoisotopic (exact) mass is 244 g/mol. The van der Waals surface area contributed by atoms with E-state index in [2.05, 4.69) is 36.1 Å². The summed E-state index contributed by atoms with van der Waals surface area (Å²) in [5, 5.41) is 0. The van der Waals surface area contributed by atoms with Gasteiger partial charge >= 0.3 is 0 Å². The Morgan fingerprint density at radius 3 is 2.44 bits per heavy atom. The quantitative estimate of drug-likeness (QED) is 0.745. The molecule has 1 heterocycles. The zero-order valence-corrected chi connectivity index (χ0v) is 11.1. The summed E-state index contributed by atoms with van der Waals surface area (Å²) in [5.74, 6) is 0.127. The van der Waals surface area contributed by atoms with Gasteiger partial charge in [-0.1, -0.05) is 24.3 Å². The lowest BCUT2D eigenvalue weighted by Crippen LogP contribution is -2.48. The summed E-state index contributed by atoms with van der Waals surface area (Å²) in [7, 11) is 0. The van der Waals surface area contributed by atoms with Crippen LogP contribution >= 0.6 is 0 Å². The number of nitrogens with zero attached hydrogens (tertiary/aromatic N) is 2. The van der Waals surface area contributed by atoms with Crippen molar-refractivity contribution in [2.45, 2.75) is 13.8 Å². The van der Waals surface area contributed by atoms with Crippen LogP contribution in [0, 0.1) is 6.92 Å². The molecule has 1 fully saturated rings. The molecule has 3 heteroatoms. The minimum Gasteiger partial charge on any atom is -0.368 e. The molecule has 0 aliphatic carbocycles. The third-order valence-electron chi connectivity index (χ3n) is 3.36. The SMILES string of the molecule is CC=CC(=O)N1CCN(c2ccccc2C)CC1. The van der Waals surface area contributed by atoms with Crippen LogP contribution in [0.25, 0.3) is 0 Å². The summed E-state index contributed by atoms with van der Waals surface area (Å²) in [6, 6.07) is 8.41. The Bertz CT molecular complexity index is 446. The van der Waals surface area contributed by atoms with E-state index in [1.165, 1.54) is 11.3 Å². The van der Waals surface area contributed by atoms with Gasteiger partial charge in [0, 0.05) is 31.9 Å². The van der Waals surface area contributed by atoms with Gasteiger partial charge in [0.2, 0.25) is 5.91 Å². The molecule has 1 aliphatic heterocycles. The van der Waals surface area contributed by atoms with Gasteiger partial charge in [0.1, 0.15) is 0 Å². The van der Waals surface area contributed by atoms with Crippen LogP contribution in [0.5, 0.6) is 0 Å². The van der Waals surface area contributed by atoms with Gasteiger partial charge in [0.05, 0.1) is 0 Å². The molecule has 2 rings (SSSR count). The van der Waals surface area contributed by atoms with Crippen LogP contribution in [0.15, 0.2) is 36.4 Å². The van der Waals surface area contributed by atoms with Gasteiger partial charge in [-0.05, 0) is 31.6 Å². The summed E-state index contributed by atoms with van der Waals surface area (Å²) in [6.45, 7) is 7.44. The highest BCUT2D eigenvalue weighted by atomic mass is 16.2. The van der Waals surface area contributed by atoms with Gasteiger partial charge < -0.3 is 9.80 Å². The van der Waals surface area contributed by atoms with Crippen molar-refractivity contribution in [3.8, 4) is 0 Å². The number of piperazine rings is 1. The lowest BCUT2D eigenvalue weighted by molar-refractivity contribution is -0.126. The van der Waals surface area contributed by atoms with E-state index >= 15 is 0 Å². The fourth-order valence-electron chi connectivity index (χ4n) is 2.33. The van der Waals surface area contributed by atoms with E-state index in [1.54, 1.807) is 12.2 Å². The van der Waals surface area contributed by atoms with Gasteiger partial charge in [0.25, 0.3) is 0 Å². The van der Waals surface area contributed by atoms with E-state index in [0.29, 0.717) is 0 Å². The first-order chi connectivity index (χ1) is 8.72. The molecule has 0 radical (unpaired) electrons. The van der Waals surface area contributed by atoms with Crippen molar-refractivity contribution in [1.29, 1.82) is 0 Å². The Morgan fingerprint density at radius 2 is 1.83 bits per heavy atom. The highest BCUT2D eigenvalue weighted by Crippen LogP contribution is 2.20. The summed E-state index contributed by atoms with van der Waals surface area (Å²) in [5.41, 5.74) is 2.58. The molecule has 0 bridgehead atoms. The average Bonchev–Trinajstić information content (AvgIpc) is 2.40. The van der Waals surface area contributed by atoms with Gasteiger partial charge in [-0.25, -0.2) is 0 Å². The van der Waals surface area contributed by atoms with Crippen molar-refractivity contribution in [2.75, 3.05) is 31.1 Å². The Hall–Kier alpha value is -1.77. The molecule has 1 amide bonds. The first-order valence-electron chi connectivity index (χ1n) is 6.44. The van der Waals surface area contributed by atoms with Crippen molar-refractivity contribution < 1.29 is 4.79 Å². The van der Waals surface area contributed by atoms with Crippen LogP contribution in [-0.4, -0.2) is 37.0 Å². The maximum atomic E-state index is 11.7. The molecule has 1 aliphatic rings. The topological polar surface area (TPSA) is 23.6 Å². The van der Waals surface area contributed by atoms with Crippen LogP contribution < -0.4 is 4.90 Å². The van der Waals surface area contributed by atoms with E-state index < -0.39 is 0 Å². The second kappa shape index (κ2) is 5.71. The number of benzene rings is 1. The Balaban J connectivity index is 1.99. The van der Waals surface area contributed by atoms with Crippen molar-refractivity contribution in [3.63, 3.8) is 0 Å². The average molecular weight is 244 g/mol. The molecule has 0 unspecified atom stereocenters. The molecular weight excluding hydrogens is 224 g/mol. The second-order valence-corrected chi connectivity index (χ2v) is 4.60. The fourth-order valence-corrected chi connectivity index (χ4v) is 2.33. The maximum absolute atomic E-state index is 11.7. The van der Waals surface area contributed by atoms with Crippen molar-refractivity contribution in [3.05, 3.63) is 42.0 Å². The highest BCUT2D eigenvalue weighted by molar-refractivity contribution is 5.87. The van der Waals surface area contributed by atoms with Crippen molar-refractivity contribution in [2.24, 2.45) is 0 Å². The number of hydrogen-bond acceptors (Lipinski definition) is 2. The highest BCUT2D eigenvalue weighted by Gasteiger charge is 2.20. The van der Waals surface area contributed by atoms with Crippen molar-refractivity contribution in [1.82, 2.24) is 4.90 Å². The molecule has 1 aromatic carbocycles. The predicted molar refractivity (Wildman–Crippen MR) is 74.8 cm³/mol. The standard InChI is InChI=1S/C15H20N2O/c1-3-6-15(18)17-11-9-16(10-12-17)14-8-5-4-7-13(14)2/h3-8H,9-12H2,1-2H3. The molecule has 1 aromatic rings. The largest absolute Gasteiger partial charge is 0.368 e. The molecule has 0 aromatic heterocycles. The number of hydrogen-bond donors (Lipinski definition) is 0. The molecule has 1 saturated heterocycles. The zero-order chi connectivity index (χ0) is 13.0. The van der Waals surface area contributed by atoms with Crippen LogP contribution in [0.4, 0.5) is 5.69 Å². The summed E-state index contributed by atoms with van der Waals surface area (Å²) in [6.07, 6.45) is 3.44. The summed E-state index contributed by atoms with van der Waals surface area (Å²) < 4.78 is 0. The van der Waals surface area contributed by atoms with Gasteiger partial charge in [-0.15, -0.1) is 0 Å². The first kappa shape index (κ1) is 12.7. The number of aryl methyl sites for hydroxylation is 1. The minimum atomic E-state index is 0.127. The summed E-state index contributed by atoms with van der Waals surface area (Å²) >= 11 is 0. The molecule has 3 nitrogen and oxygen atoms in total. The molecule has 0 spiro atoms. The van der Waals surface area contributed by atoms with E-state index in [-0.39, 0.29) is 5.91 Å². The van der Waals surface area contributed by atoms with E-state index in [4.69, 9.17) is 0 Å². The Morgan fingerprint density at radius 1 is 1.17 bits per heavy atom. The number of carbonyl (C=O) groups is 1. The Kier molecular flexibility index (Phi) is 4.03. The molecule has 0 N–H and O–H groups in total. The number of rotatable bonds is 2. The molecule has 96 valence electrons. The lowest BCUT2D eigenvalue weighted by Gasteiger charge is -2.36. The van der Waals surface area contributed by atoms with Crippen LogP contribution in [0.1, 0.15) is 12.5 Å². The van der Waals surface area contributed by atoms with E-state index in [1.807, 2.05) is 11.8 Å². The minimum absolute atomic E-state index is 0.127. The van der Waals surface area contributed by atoms with Gasteiger partial charge in [-0.2, -0.15) is 0 Å². The van der Waals surface area contributed by atoms with E-state index in [9.17, 15) is 4.79 Å². The third kappa shape index (κ3) is 2.73.